The highest BCUT2D eigenvalue weighted by Gasteiger charge is 2.12. The summed E-state index contributed by atoms with van der Waals surface area (Å²) in [7, 11) is 1.56. The zero-order valence-electron chi connectivity index (χ0n) is 14.2. The summed E-state index contributed by atoms with van der Waals surface area (Å²) in [6.07, 6.45) is 0. The van der Waals surface area contributed by atoms with Gasteiger partial charge >= 0.3 is 0 Å². The van der Waals surface area contributed by atoms with Crippen LogP contribution in [-0.2, 0) is 18.0 Å². The van der Waals surface area contributed by atoms with Gasteiger partial charge in [0.05, 0.1) is 0 Å². The molecule has 3 rings (SSSR count). The van der Waals surface area contributed by atoms with E-state index in [-0.39, 0.29) is 17.5 Å². The lowest BCUT2D eigenvalue weighted by atomic mass is 10.2. The SMILES string of the molecule is COCc1ccc(C(=O)Nc2cccc(OCc3ccc(F)cc3)c2)o1. The van der Waals surface area contributed by atoms with Crippen LogP contribution in [0.2, 0.25) is 0 Å². The second kappa shape index (κ2) is 8.31. The standard InChI is InChI=1S/C20H18FNO4/c1-24-13-18-9-10-19(26-18)20(23)22-16-3-2-4-17(11-16)25-12-14-5-7-15(21)8-6-14/h2-11H,12-13H2,1H3,(H,22,23). The van der Waals surface area contributed by atoms with Crippen LogP contribution in [0.15, 0.2) is 65.1 Å². The quantitative estimate of drug-likeness (QED) is 0.682. The second-order valence-corrected chi connectivity index (χ2v) is 5.60. The largest absolute Gasteiger partial charge is 0.489 e. The monoisotopic (exact) mass is 355 g/mol. The summed E-state index contributed by atoms with van der Waals surface area (Å²) >= 11 is 0. The van der Waals surface area contributed by atoms with Crippen molar-refractivity contribution in [2.24, 2.45) is 0 Å². The molecular weight excluding hydrogens is 337 g/mol. The number of nitrogens with one attached hydrogen (secondary N) is 1. The van der Waals surface area contributed by atoms with Crippen LogP contribution in [0.25, 0.3) is 0 Å². The maximum Gasteiger partial charge on any atom is 0.291 e. The molecule has 0 unspecified atom stereocenters. The highest BCUT2D eigenvalue weighted by Crippen LogP contribution is 2.20. The predicted molar refractivity (Wildman–Crippen MR) is 94.5 cm³/mol. The van der Waals surface area contributed by atoms with E-state index in [0.29, 0.717) is 30.4 Å². The number of furan rings is 1. The Morgan fingerprint density at radius 1 is 1.08 bits per heavy atom. The third-order valence-corrected chi connectivity index (χ3v) is 3.58. The van der Waals surface area contributed by atoms with Gasteiger partial charge in [-0.1, -0.05) is 18.2 Å². The van der Waals surface area contributed by atoms with Gasteiger partial charge in [-0.3, -0.25) is 4.79 Å². The van der Waals surface area contributed by atoms with Gasteiger partial charge < -0.3 is 19.2 Å². The summed E-state index contributed by atoms with van der Waals surface area (Å²) < 4.78 is 29.0. The smallest absolute Gasteiger partial charge is 0.291 e. The van der Waals surface area contributed by atoms with E-state index >= 15 is 0 Å². The van der Waals surface area contributed by atoms with Crippen LogP contribution in [0, 0.1) is 5.82 Å². The fraction of sp³-hybridized carbons (Fsp3) is 0.150. The number of carbonyl (C=O) groups is 1. The van der Waals surface area contributed by atoms with E-state index in [9.17, 15) is 9.18 Å². The zero-order chi connectivity index (χ0) is 18.4. The van der Waals surface area contributed by atoms with Crippen molar-refractivity contribution in [3.05, 3.63) is 83.6 Å². The van der Waals surface area contributed by atoms with Crippen LogP contribution >= 0.6 is 0 Å². The number of halogens is 1. The number of hydrogen-bond acceptors (Lipinski definition) is 4. The molecule has 0 bridgehead atoms. The highest BCUT2D eigenvalue weighted by molar-refractivity contribution is 6.02. The molecule has 0 aliphatic heterocycles. The second-order valence-electron chi connectivity index (χ2n) is 5.60. The van der Waals surface area contributed by atoms with E-state index in [2.05, 4.69) is 5.32 Å². The molecule has 1 heterocycles. The van der Waals surface area contributed by atoms with Gasteiger partial charge in [0.15, 0.2) is 5.76 Å². The van der Waals surface area contributed by atoms with Crippen molar-refractivity contribution in [2.75, 3.05) is 12.4 Å². The molecule has 3 aromatic rings. The topological polar surface area (TPSA) is 60.7 Å². The molecule has 0 fully saturated rings. The molecule has 1 amide bonds. The molecule has 1 aromatic heterocycles. The Hall–Kier alpha value is -3.12. The summed E-state index contributed by atoms with van der Waals surface area (Å²) in [5.74, 6) is 0.725. The van der Waals surface area contributed by atoms with Crippen LogP contribution in [0.1, 0.15) is 21.9 Å². The van der Waals surface area contributed by atoms with Crippen LogP contribution < -0.4 is 10.1 Å². The van der Waals surface area contributed by atoms with Crippen molar-refractivity contribution in [2.45, 2.75) is 13.2 Å². The third kappa shape index (κ3) is 4.70. The minimum atomic E-state index is -0.358. The Kier molecular flexibility index (Phi) is 5.66. The lowest BCUT2D eigenvalue weighted by molar-refractivity contribution is 0.0987. The van der Waals surface area contributed by atoms with E-state index in [1.165, 1.54) is 12.1 Å². The predicted octanol–water partition coefficient (Wildman–Crippen LogP) is 4.40. The number of methoxy groups -OCH3 is 1. The first kappa shape index (κ1) is 17.7. The Morgan fingerprint density at radius 3 is 2.65 bits per heavy atom. The maximum absolute atomic E-state index is 12.9. The average Bonchev–Trinajstić information content (AvgIpc) is 3.11. The molecule has 1 N–H and O–H groups in total. The van der Waals surface area contributed by atoms with Gasteiger partial charge in [0, 0.05) is 18.9 Å². The normalized spacial score (nSPS) is 10.5. The van der Waals surface area contributed by atoms with Gasteiger partial charge in [-0.2, -0.15) is 0 Å². The number of carbonyl (C=O) groups excluding carboxylic acids is 1. The summed E-state index contributed by atoms with van der Waals surface area (Å²) in [6, 6.07) is 16.4. The van der Waals surface area contributed by atoms with E-state index in [0.717, 1.165) is 5.56 Å². The fourth-order valence-corrected chi connectivity index (χ4v) is 2.32. The van der Waals surface area contributed by atoms with Crippen molar-refractivity contribution in [1.29, 1.82) is 0 Å². The number of hydrogen-bond donors (Lipinski definition) is 1. The molecule has 5 nitrogen and oxygen atoms in total. The lowest BCUT2D eigenvalue weighted by Crippen LogP contribution is -2.11. The first-order valence-corrected chi connectivity index (χ1v) is 8.00. The van der Waals surface area contributed by atoms with Gasteiger partial charge in [-0.25, -0.2) is 4.39 Å². The van der Waals surface area contributed by atoms with Crippen LogP contribution in [0.3, 0.4) is 0 Å². The summed E-state index contributed by atoms with van der Waals surface area (Å²) in [5, 5.41) is 2.76. The van der Waals surface area contributed by atoms with Crippen molar-refractivity contribution < 1.29 is 23.1 Å². The number of benzene rings is 2. The molecule has 0 saturated heterocycles. The van der Waals surface area contributed by atoms with E-state index in [4.69, 9.17) is 13.9 Å². The minimum Gasteiger partial charge on any atom is -0.489 e. The molecule has 26 heavy (non-hydrogen) atoms. The van der Waals surface area contributed by atoms with Crippen molar-refractivity contribution in [3.8, 4) is 5.75 Å². The van der Waals surface area contributed by atoms with Crippen molar-refractivity contribution in [3.63, 3.8) is 0 Å². The number of anilines is 1. The number of ether oxygens (including phenoxy) is 2. The highest BCUT2D eigenvalue weighted by atomic mass is 19.1. The lowest BCUT2D eigenvalue weighted by Gasteiger charge is -2.09. The molecule has 0 aliphatic carbocycles. The molecule has 6 heteroatoms. The maximum atomic E-state index is 12.9. The molecule has 0 aliphatic rings. The van der Waals surface area contributed by atoms with E-state index < -0.39 is 0 Å². The van der Waals surface area contributed by atoms with Gasteiger partial charge in [-0.05, 0) is 42.0 Å². The summed E-state index contributed by atoms with van der Waals surface area (Å²) in [4.78, 5) is 12.2. The fourth-order valence-electron chi connectivity index (χ4n) is 2.32. The summed E-state index contributed by atoms with van der Waals surface area (Å²) in [6.45, 7) is 0.607. The Balaban J connectivity index is 1.61. The van der Waals surface area contributed by atoms with Gasteiger partial charge in [0.25, 0.3) is 5.91 Å². The molecule has 2 aromatic carbocycles. The number of amides is 1. The van der Waals surface area contributed by atoms with E-state index in [1.807, 2.05) is 0 Å². The van der Waals surface area contributed by atoms with Gasteiger partial charge in [-0.15, -0.1) is 0 Å². The van der Waals surface area contributed by atoms with Gasteiger partial charge in [0.1, 0.15) is 30.5 Å². The van der Waals surface area contributed by atoms with Crippen molar-refractivity contribution >= 4 is 11.6 Å². The third-order valence-electron chi connectivity index (χ3n) is 3.58. The van der Waals surface area contributed by atoms with Crippen LogP contribution in [-0.4, -0.2) is 13.0 Å². The molecule has 0 saturated carbocycles. The van der Waals surface area contributed by atoms with Crippen molar-refractivity contribution in [1.82, 2.24) is 0 Å². The van der Waals surface area contributed by atoms with Gasteiger partial charge in [0.2, 0.25) is 0 Å². The number of rotatable bonds is 7. The molecule has 0 spiro atoms. The Labute approximate surface area is 150 Å². The minimum absolute atomic E-state index is 0.203. The summed E-state index contributed by atoms with van der Waals surface area (Å²) in [5.41, 5.74) is 1.43. The van der Waals surface area contributed by atoms with Crippen LogP contribution in [0.4, 0.5) is 10.1 Å². The Morgan fingerprint density at radius 2 is 1.88 bits per heavy atom. The first-order chi connectivity index (χ1) is 12.6. The Bertz CT molecular complexity index is 874. The molecule has 0 atom stereocenters. The average molecular weight is 355 g/mol. The molecule has 134 valence electrons. The molecular formula is C20H18FNO4. The zero-order valence-corrected chi connectivity index (χ0v) is 14.2. The van der Waals surface area contributed by atoms with Crippen LogP contribution in [0.5, 0.6) is 5.75 Å². The van der Waals surface area contributed by atoms with E-state index in [1.54, 1.807) is 55.6 Å². The first-order valence-electron chi connectivity index (χ1n) is 8.00. The molecule has 0 radical (unpaired) electrons.